The van der Waals surface area contributed by atoms with E-state index in [4.69, 9.17) is 16.3 Å². The Balaban J connectivity index is 1.56. The van der Waals surface area contributed by atoms with Gasteiger partial charge in [-0.05, 0) is 46.3 Å². The zero-order valence-corrected chi connectivity index (χ0v) is 17.6. The number of aromatic nitrogens is 4. The number of rotatable bonds is 7. The monoisotopic (exact) mass is 448 g/mol. The average Bonchev–Trinajstić information content (AvgIpc) is 3.30. The molecule has 1 N–H and O–H groups in total. The van der Waals surface area contributed by atoms with Crippen molar-refractivity contribution < 1.29 is 13.2 Å². The molecular formula is C19H21ClN6O3S. The van der Waals surface area contributed by atoms with Crippen molar-refractivity contribution in [2.24, 2.45) is 0 Å². The van der Waals surface area contributed by atoms with Crippen molar-refractivity contribution in [1.29, 1.82) is 0 Å². The number of hydrogen-bond donors (Lipinski definition) is 1. The standard InChI is InChI=1S/C19H21ClN6O3S/c20-16-4-1-3-15(11-16)19(25-7-9-29-10-8-25)13-22-30(27,28)18-6-2-5-17(12-18)26-14-21-23-24-26/h1-6,11-12,14,19,22H,7-10,13H2. The normalized spacial score (nSPS) is 16.4. The number of halogens is 1. The number of nitrogens with one attached hydrogen (secondary N) is 1. The Hall–Kier alpha value is -2.37. The molecule has 1 atom stereocenters. The molecule has 0 saturated carbocycles. The van der Waals surface area contributed by atoms with Crippen molar-refractivity contribution >= 4 is 21.6 Å². The molecule has 1 fully saturated rings. The summed E-state index contributed by atoms with van der Waals surface area (Å²) in [5.41, 5.74) is 1.51. The minimum atomic E-state index is -3.75. The molecule has 2 heterocycles. The van der Waals surface area contributed by atoms with Gasteiger partial charge in [-0.15, -0.1) is 5.10 Å². The Labute approximate surface area is 179 Å². The van der Waals surface area contributed by atoms with Gasteiger partial charge in [0, 0.05) is 30.7 Å². The molecule has 0 bridgehead atoms. The van der Waals surface area contributed by atoms with Crippen LogP contribution in [0.5, 0.6) is 0 Å². The highest BCUT2D eigenvalue weighted by Crippen LogP contribution is 2.25. The number of ether oxygens (including phenoxy) is 1. The van der Waals surface area contributed by atoms with E-state index in [2.05, 4.69) is 25.1 Å². The molecule has 1 unspecified atom stereocenters. The maximum atomic E-state index is 13.0. The van der Waals surface area contributed by atoms with Crippen LogP contribution in [-0.2, 0) is 14.8 Å². The summed E-state index contributed by atoms with van der Waals surface area (Å²) < 4.78 is 35.6. The summed E-state index contributed by atoms with van der Waals surface area (Å²) in [6.45, 7) is 2.86. The molecule has 0 spiro atoms. The Bertz CT molecular complexity index is 1090. The lowest BCUT2D eigenvalue weighted by Crippen LogP contribution is -2.43. The second-order valence-electron chi connectivity index (χ2n) is 6.82. The molecule has 0 amide bonds. The Morgan fingerprint density at radius 2 is 1.93 bits per heavy atom. The van der Waals surface area contributed by atoms with Crippen molar-refractivity contribution in [1.82, 2.24) is 29.8 Å². The van der Waals surface area contributed by atoms with Crippen LogP contribution in [0, 0.1) is 0 Å². The second-order valence-corrected chi connectivity index (χ2v) is 9.03. The quantitative estimate of drug-likeness (QED) is 0.586. The molecule has 1 aliphatic rings. The van der Waals surface area contributed by atoms with E-state index in [1.165, 1.54) is 17.1 Å². The van der Waals surface area contributed by atoms with Crippen LogP contribution < -0.4 is 4.72 Å². The van der Waals surface area contributed by atoms with Crippen molar-refractivity contribution in [2.45, 2.75) is 10.9 Å². The van der Waals surface area contributed by atoms with Gasteiger partial charge in [-0.25, -0.2) is 17.8 Å². The fourth-order valence-electron chi connectivity index (χ4n) is 3.41. The van der Waals surface area contributed by atoms with Gasteiger partial charge in [0.1, 0.15) is 6.33 Å². The van der Waals surface area contributed by atoms with Crippen LogP contribution in [0.3, 0.4) is 0 Å². The van der Waals surface area contributed by atoms with Gasteiger partial charge in [0.05, 0.1) is 23.8 Å². The SMILES string of the molecule is O=S(=O)(NCC(c1cccc(Cl)c1)N1CCOCC1)c1cccc(-n2cnnn2)c1. The van der Waals surface area contributed by atoms with Crippen LogP contribution >= 0.6 is 11.6 Å². The van der Waals surface area contributed by atoms with E-state index in [0.717, 1.165) is 5.56 Å². The lowest BCUT2D eigenvalue weighted by atomic mass is 10.1. The Morgan fingerprint density at radius 3 is 2.67 bits per heavy atom. The van der Waals surface area contributed by atoms with Crippen LogP contribution in [0.2, 0.25) is 5.02 Å². The number of benzene rings is 2. The minimum absolute atomic E-state index is 0.141. The highest BCUT2D eigenvalue weighted by molar-refractivity contribution is 7.89. The summed E-state index contributed by atoms with van der Waals surface area (Å²) in [5, 5.41) is 11.6. The molecule has 9 nitrogen and oxygen atoms in total. The van der Waals surface area contributed by atoms with Crippen molar-refractivity contribution in [3.63, 3.8) is 0 Å². The van der Waals surface area contributed by atoms with Crippen LogP contribution in [0.1, 0.15) is 11.6 Å². The number of tetrazole rings is 1. The minimum Gasteiger partial charge on any atom is -0.379 e. The third-order valence-corrected chi connectivity index (χ3v) is 6.58. The topological polar surface area (TPSA) is 102 Å². The van der Waals surface area contributed by atoms with Gasteiger partial charge in [0.15, 0.2) is 0 Å². The first-order valence-electron chi connectivity index (χ1n) is 9.43. The molecule has 0 aliphatic carbocycles. The fourth-order valence-corrected chi connectivity index (χ4v) is 4.68. The third kappa shape index (κ3) is 4.85. The summed E-state index contributed by atoms with van der Waals surface area (Å²) in [5.74, 6) is 0. The van der Waals surface area contributed by atoms with E-state index in [-0.39, 0.29) is 17.5 Å². The van der Waals surface area contributed by atoms with E-state index in [1.807, 2.05) is 18.2 Å². The molecule has 158 valence electrons. The highest BCUT2D eigenvalue weighted by Gasteiger charge is 2.25. The first-order valence-corrected chi connectivity index (χ1v) is 11.3. The van der Waals surface area contributed by atoms with Crippen molar-refractivity contribution in [2.75, 3.05) is 32.8 Å². The summed E-state index contributed by atoms with van der Waals surface area (Å²) in [6.07, 6.45) is 1.41. The molecule has 1 aliphatic heterocycles. The molecule has 11 heteroatoms. The second kappa shape index (κ2) is 9.19. The summed E-state index contributed by atoms with van der Waals surface area (Å²) in [7, 11) is -3.75. The van der Waals surface area contributed by atoms with Gasteiger partial charge in [-0.2, -0.15) is 0 Å². The lowest BCUT2D eigenvalue weighted by Gasteiger charge is -2.35. The molecule has 0 radical (unpaired) electrons. The van der Waals surface area contributed by atoms with Crippen molar-refractivity contribution in [3.8, 4) is 5.69 Å². The first-order chi connectivity index (χ1) is 14.5. The highest BCUT2D eigenvalue weighted by atomic mass is 35.5. The van der Waals surface area contributed by atoms with Gasteiger partial charge in [0.2, 0.25) is 10.0 Å². The molecule has 4 rings (SSSR count). The molecule has 1 saturated heterocycles. The fraction of sp³-hybridized carbons (Fsp3) is 0.316. The van der Waals surface area contributed by atoms with Crippen LogP contribution in [0.15, 0.2) is 59.8 Å². The Morgan fingerprint density at radius 1 is 1.13 bits per heavy atom. The molecular weight excluding hydrogens is 428 g/mol. The van der Waals surface area contributed by atoms with Crippen LogP contribution in [0.4, 0.5) is 0 Å². The van der Waals surface area contributed by atoms with Crippen LogP contribution in [-0.4, -0.2) is 66.4 Å². The van der Waals surface area contributed by atoms with Gasteiger partial charge >= 0.3 is 0 Å². The van der Waals surface area contributed by atoms with E-state index in [1.54, 1.807) is 24.3 Å². The third-order valence-electron chi connectivity index (χ3n) is 4.93. The lowest BCUT2D eigenvalue weighted by molar-refractivity contribution is 0.0172. The van der Waals surface area contributed by atoms with Crippen molar-refractivity contribution in [3.05, 3.63) is 65.4 Å². The van der Waals surface area contributed by atoms with Gasteiger partial charge in [-0.1, -0.05) is 29.8 Å². The number of sulfonamides is 1. The van der Waals surface area contributed by atoms with E-state index in [0.29, 0.717) is 37.0 Å². The van der Waals surface area contributed by atoms with Gasteiger partial charge < -0.3 is 4.74 Å². The smallest absolute Gasteiger partial charge is 0.240 e. The molecule has 2 aromatic carbocycles. The van der Waals surface area contributed by atoms with Gasteiger partial charge in [-0.3, -0.25) is 4.90 Å². The molecule has 30 heavy (non-hydrogen) atoms. The maximum absolute atomic E-state index is 13.0. The molecule has 1 aromatic heterocycles. The number of hydrogen-bond acceptors (Lipinski definition) is 7. The van der Waals surface area contributed by atoms with Crippen LogP contribution in [0.25, 0.3) is 5.69 Å². The average molecular weight is 449 g/mol. The predicted molar refractivity (Wildman–Crippen MR) is 111 cm³/mol. The van der Waals surface area contributed by atoms with E-state index < -0.39 is 10.0 Å². The van der Waals surface area contributed by atoms with E-state index in [9.17, 15) is 8.42 Å². The van der Waals surface area contributed by atoms with Gasteiger partial charge in [0.25, 0.3) is 0 Å². The summed E-state index contributed by atoms with van der Waals surface area (Å²) in [6, 6.07) is 13.8. The summed E-state index contributed by atoms with van der Waals surface area (Å²) >= 11 is 6.18. The number of morpholine rings is 1. The Kier molecular flexibility index (Phi) is 6.40. The molecule has 3 aromatic rings. The summed E-state index contributed by atoms with van der Waals surface area (Å²) in [4.78, 5) is 2.34. The zero-order chi connectivity index (χ0) is 21.0. The largest absolute Gasteiger partial charge is 0.379 e. The first kappa shape index (κ1) is 20.9. The van der Waals surface area contributed by atoms with E-state index >= 15 is 0 Å². The number of nitrogens with zero attached hydrogens (tertiary/aromatic N) is 5. The predicted octanol–water partition coefficient (Wildman–Crippen LogP) is 1.67. The maximum Gasteiger partial charge on any atom is 0.240 e. The zero-order valence-electron chi connectivity index (χ0n) is 16.1.